The number of hydrogen-bond acceptors (Lipinski definition) is 5. The third-order valence-electron chi connectivity index (χ3n) is 4.22. The van der Waals surface area contributed by atoms with Gasteiger partial charge in [-0.15, -0.1) is 11.8 Å². The number of halogens is 3. The minimum Gasteiger partial charge on any atom is -0.340 e. The minimum absolute atomic E-state index is 0.0703. The molecule has 0 radical (unpaired) electrons. The van der Waals surface area contributed by atoms with E-state index >= 15 is 0 Å². The molecule has 1 aromatic heterocycles. The zero-order valence-corrected chi connectivity index (χ0v) is 14.9. The van der Waals surface area contributed by atoms with Crippen molar-refractivity contribution in [1.29, 1.82) is 0 Å². The molecule has 9 heteroatoms. The van der Waals surface area contributed by atoms with E-state index in [1.807, 2.05) is 0 Å². The van der Waals surface area contributed by atoms with Crippen molar-refractivity contribution in [2.75, 3.05) is 13.1 Å². The van der Waals surface area contributed by atoms with Crippen LogP contribution in [-0.4, -0.2) is 40.2 Å². The van der Waals surface area contributed by atoms with Crippen LogP contribution in [0.4, 0.5) is 13.2 Å². The molecule has 3 rings (SSSR count). The number of likely N-dealkylation sites (tertiary alicyclic amines) is 1. The maximum Gasteiger partial charge on any atom is 0.393 e. The lowest BCUT2D eigenvalue weighted by atomic mass is 9.97. The van der Waals surface area contributed by atoms with Gasteiger partial charge in [0, 0.05) is 24.9 Å². The van der Waals surface area contributed by atoms with Gasteiger partial charge in [-0.2, -0.15) is 18.2 Å². The zero-order valence-electron chi connectivity index (χ0n) is 14.1. The van der Waals surface area contributed by atoms with E-state index in [4.69, 9.17) is 4.52 Å². The SMILES string of the molecule is Cc1nc(CSc2ccccc2C(=O)N2CCCC(C(F)(F)F)C2)no1. The van der Waals surface area contributed by atoms with Gasteiger partial charge in [0.2, 0.25) is 5.89 Å². The number of amides is 1. The van der Waals surface area contributed by atoms with Crippen LogP contribution < -0.4 is 0 Å². The lowest BCUT2D eigenvalue weighted by Crippen LogP contribution is -2.44. The van der Waals surface area contributed by atoms with Crippen LogP contribution in [0.2, 0.25) is 0 Å². The number of thioether (sulfide) groups is 1. The Bertz CT molecular complexity index is 779. The van der Waals surface area contributed by atoms with Crippen LogP contribution >= 0.6 is 11.8 Å². The monoisotopic (exact) mass is 385 g/mol. The molecule has 5 nitrogen and oxygen atoms in total. The number of piperidine rings is 1. The zero-order chi connectivity index (χ0) is 18.7. The Labute approximate surface area is 152 Å². The fourth-order valence-corrected chi connectivity index (χ4v) is 3.80. The van der Waals surface area contributed by atoms with Gasteiger partial charge in [0.15, 0.2) is 5.82 Å². The van der Waals surface area contributed by atoms with Gasteiger partial charge >= 0.3 is 6.18 Å². The van der Waals surface area contributed by atoms with E-state index in [1.165, 1.54) is 16.7 Å². The summed E-state index contributed by atoms with van der Waals surface area (Å²) in [4.78, 5) is 18.9. The molecule has 26 heavy (non-hydrogen) atoms. The van der Waals surface area contributed by atoms with Crippen molar-refractivity contribution in [2.45, 2.75) is 36.6 Å². The van der Waals surface area contributed by atoms with E-state index in [-0.39, 0.29) is 18.9 Å². The van der Waals surface area contributed by atoms with E-state index in [2.05, 4.69) is 10.1 Å². The van der Waals surface area contributed by atoms with Crippen molar-refractivity contribution < 1.29 is 22.5 Å². The van der Waals surface area contributed by atoms with E-state index in [9.17, 15) is 18.0 Å². The van der Waals surface area contributed by atoms with Crippen LogP contribution in [0.1, 0.15) is 34.9 Å². The molecule has 2 heterocycles. The normalized spacial score (nSPS) is 18.2. The molecule has 1 unspecified atom stereocenters. The highest BCUT2D eigenvalue weighted by atomic mass is 32.2. The molecule has 0 aliphatic carbocycles. The van der Waals surface area contributed by atoms with Gasteiger partial charge in [-0.1, -0.05) is 17.3 Å². The summed E-state index contributed by atoms with van der Waals surface area (Å²) in [6.45, 7) is 1.74. The third kappa shape index (κ3) is 4.38. The highest BCUT2D eigenvalue weighted by Crippen LogP contribution is 2.34. The number of hydrogen-bond donors (Lipinski definition) is 0. The first kappa shape index (κ1) is 18.8. The number of rotatable bonds is 4. The second-order valence-corrected chi connectivity index (χ2v) is 7.16. The Morgan fingerprint density at radius 1 is 1.38 bits per heavy atom. The van der Waals surface area contributed by atoms with Crippen molar-refractivity contribution in [3.05, 3.63) is 41.5 Å². The first-order chi connectivity index (χ1) is 12.3. The summed E-state index contributed by atoms with van der Waals surface area (Å²) in [6.07, 6.45) is -3.85. The summed E-state index contributed by atoms with van der Waals surface area (Å²) in [7, 11) is 0. The molecule has 1 aliphatic heterocycles. The van der Waals surface area contributed by atoms with Gasteiger partial charge in [0.25, 0.3) is 5.91 Å². The van der Waals surface area contributed by atoms with Crippen molar-refractivity contribution in [1.82, 2.24) is 15.0 Å². The van der Waals surface area contributed by atoms with Crippen LogP contribution in [-0.2, 0) is 5.75 Å². The maximum atomic E-state index is 13.0. The Hall–Kier alpha value is -2.03. The number of aromatic nitrogens is 2. The molecule has 0 spiro atoms. The molecule has 1 aliphatic rings. The predicted octanol–water partition coefficient (Wildman–Crippen LogP) is 4.08. The molecule has 1 saturated heterocycles. The maximum absolute atomic E-state index is 13.0. The number of carbonyl (C=O) groups excluding carboxylic acids is 1. The molecule has 1 atom stereocenters. The molecule has 0 N–H and O–H groups in total. The molecular formula is C17H18F3N3O2S. The minimum atomic E-state index is -4.27. The summed E-state index contributed by atoms with van der Waals surface area (Å²) in [5, 5.41) is 3.80. The van der Waals surface area contributed by atoms with Crippen molar-refractivity contribution in [2.24, 2.45) is 5.92 Å². The van der Waals surface area contributed by atoms with Crippen molar-refractivity contribution in [3.8, 4) is 0 Å². The van der Waals surface area contributed by atoms with Crippen LogP contribution in [0, 0.1) is 12.8 Å². The Balaban J connectivity index is 1.73. The summed E-state index contributed by atoms with van der Waals surface area (Å²) in [5.41, 5.74) is 0.403. The van der Waals surface area contributed by atoms with E-state index in [1.54, 1.807) is 31.2 Å². The van der Waals surface area contributed by atoms with Gasteiger partial charge in [0.05, 0.1) is 17.2 Å². The first-order valence-electron chi connectivity index (χ1n) is 8.21. The van der Waals surface area contributed by atoms with Gasteiger partial charge in [0.1, 0.15) is 0 Å². The third-order valence-corrected chi connectivity index (χ3v) is 5.28. The van der Waals surface area contributed by atoms with Crippen LogP contribution in [0.15, 0.2) is 33.7 Å². The summed E-state index contributed by atoms with van der Waals surface area (Å²) < 4.78 is 43.9. The first-order valence-corrected chi connectivity index (χ1v) is 9.20. The fourth-order valence-electron chi connectivity index (χ4n) is 2.91. The Morgan fingerprint density at radius 3 is 2.85 bits per heavy atom. The molecule has 1 amide bonds. The van der Waals surface area contributed by atoms with E-state index in [0.717, 1.165) is 0 Å². The van der Waals surface area contributed by atoms with Crippen LogP contribution in [0.3, 0.4) is 0 Å². The number of aryl methyl sites for hydroxylation is 1. The molecule has 140 valence electrons. The second kappa shape index (κ2) is 7.69. The molecule has 1 aromatic carbocycles. The highest BCUT2D eigenvalue weighted by Gasteiger charge is 2.42. The van der Waals surface area contributed by atoms with Gasteiger partial charge in [-0.25, -0.2) is 0 Å². The Morgan fingerprint density at radius 2 is 2.15 bits per heavy atom. The fraction of sp³-hybridized carbons (Fsp3) is 0.471. The van der Waals surface area contributed by atoms with Crippen LogP contribution in [0.25, 0.3) is 0 Å². The van der Waals surface area contributed by atoms with E-state index < -0.39 is 12.1 Å². The Kier molecular flexibility index (Phi) is 5.55. The van der Waals surface area contributed by atoms with Gasteiger partial charge in [-0.05, 0) is 25.0 Å². The number of nitrogens with zero attached hydrogens (tertiary/aromatic N) is 3. The van der Waals surface area contributed by atoms with Crippen molar-refractivity contribution in [3.63, 3.8) is 0 Å². The lowest BCUT2D eigenvalue weighted by Gasteiger charge is -2.34. The predicted molar refractivity (Wildman–Crippen MR) is 89.7 cm³/mol. The van der Waals surface area contributed by atoms with Gasteiger partial charge < -0.3 is 9.42 Å². The standard InChI is InChI=1S/C17H18F3N3O2S/c1-11-21-15(22-25-11)10-26-14-7-3-2-6-13(14)16(24)23-8-4-5-12(9-23)17(18,19)20/h2-3,6-7,12H,4-5,8-10H2,1H3. The molecule has 0 bridgehead atoms. The summed E-state index contributed by atoms with van der Waals surface area (Å²) in [5.74, 6) is -0.456. The largest absolute Gasteiger partial charge is 0.393 e. The summed E-state index contributed by atoms with van der Waals surface area (Å²) >= 11 is 1.36. The summed E-state index contributed by atoms with van der Waals surface area (Å²) in [6, 6.07) is 6.91. The van der Waals surface area contributed by atoms with E-state index in [0.29, 0.717) is 40.9 Å². The smallest absolute Gasteiger partial charge is 0.340 e. The lowest BCUT2D eigenvalue weighted by molar-refractivity contribution is -0.184. The number of benzene rings is 1. The highest BCUT2D eigenvalue weighted by molar-refractivity contribution is 7.98. The van der Waals surface area contributed by atoms with Crippen LogP contribution in [0.5, 0.6) is 0 Å². The number of carbonyl (C=O) groups is 1. The average Bonchev–Trinajstić information content (AvgIpc) is 3.04. The quantitative estimate of drug-likeness (QED) is 0.742. The molecular weight excluding hydrogens is 367 g/mol. The van der Waals surface area contributed by atoms with Crippen molar-refractivity contribution >= 4 is 17.7 Å². The average molecular weight is 385 g/mol. The van der Waals surface area contributed by atoms with Gasteiger partial charge in [-0.3, -0.25) is 4.79 Å². The molecule has 1 fully saturated rings. The molecule has 2 aromatic rings. The topological polar surface area (TPSA) is 59.2 Å². The number of alkyl halides is 3. The molecule has 0 saturated carbocycles. The second-order valence-electron chi connectivity index (χ2n) is 6.15.